The molecule has 1 aromatic heterocycles. The van der Waals surface area contributed by atoms with Crippen LogP contribution in [0.3, 0.4) is 0 Å². The quantitative estimate of drug-likeness (QED) is 0.458. The molecule has 0 amide bonds. The zero-order valence-corrected chi connectivity index (χ0v) is 9.37. The average Bonchev–Trinajstić information content (AvgIpc) is 2.47. The molecule has 0 saturated carbocycles. The topological polar surface area (TPSA) is 63.2 Å². The van der Waals surface area contributed by atoms with Gasteiger partial charge in [-0.2, -0.15) is 8.42 Å². The molecule has 1 heterocycles. The lowest BCUT2D eigenvalue weighted by atomic mass is 10.3. The van der Waals surface area contributed by atoms with Gasteiger partial charge in [0.1, 0.15) is 12.4 Å². The van der Waals surface area contributed by atoms with Crippen molar-refractivity contribution in [1.29, 1.82) is 0 Å². The molecule has 0 atom stereocenters. The number of aromatic nitrogens is 2. The Morgan fingerprint density at radius 3 is 2.57 bits per heavy atom. The van der Waals surface area contributed by atoms with Gasteiger partial charge in [0.25, 0.3) is 6.33 Å². The maximum Gasteiger partial charge on any atom is 0.439 e. The molecule has 0 unspecified atom stereocenters. The third-order valence-corrected chi connectivity index (χ3v) is 2.45. The lowest BCUT2D eigenvalue weighted by molar-refractivity contribution is -0.696. The van der Waals surface area contributed by atoms with Gasteiger partial charge < -0.3 is 12.4 Å². The van der Waals surface area contributed by atoms with Crippen molar-refractivity contribution in [3.8, 4) is 0 Å². The van der Waals surface area contributed by atoms with E-state index in [0.717, 1.165) is 23.4 Å². The van der Waals surface area contributed by atoms with Gasteiger partial charge in [0.2, 0.25) is 0 Å². The first-order chi connectivity index (χ1) is 6.04. The lowest BCUT2D eigenvalue weighted by Crippen LogP contribution is -3.00. The van der Waals surface area contributed by atoms with E-state index in [1.54, 1.807) is 10.8 Å². The number of unbranched alkanes of at least 4 members (excludes halogenated alkanes) is 1. The Morgan fingerprint density at radius 2 is 2.14 bits per heavy atom. The van der Waals surface area contributed by atoms with Gasteiger partial charge in [-0.25, -0.2) is 4.57 Å². The molecule has 82 valence electrons. The molecule has 14 heavy (non-hydrogen) atoms. The third kappa shape index (κ3) is 3.65. The van der Waals surface area contributed by atoms with Gasteiger partial charge in [0.15, 0.2) is 0 Å². The van der Waals surface area contributed by atoms with Crippen LogP contribution in [0.25, 0.3) is 0 Å². The molecule has 0 saturated heterocycles. The molecular formula is C7H13ClN2O3S. The molecule has 0 aromatic carbocycles. The second-order valence-electron chi connectivity index (χ2n) is 2.81. The minimum absolute atomic E-state index is 0. The fourth-order valence-corrected chi connectivity index (χ4v) is 1.43. The van der Waals surface area contributed by atoms with Crippen LogP contribution in [-0.2, 0) is 16.8 Å². The number of halogens is 1. The number of aryl methyl sites for hydroxylation is 1. The summed E-state index contributed by atoms with van der Waals surface area (Å²) in [6, 6.07) is 0. The average molecular weight is 241 g/mol. The second kappa shape index (κ2) is 5.33. The predicted octanol–water partition coefficient (Wildman–Crippen LogP) is -2.77. The highest BCUT2D eigenvalue weighted by atomic mass is 35.5. The van der Waals surface area contributed by atoms with Gasteiger partial charge in [-0.05, 0) is 6.42 Å². The van der Waals surface area contributed by atoms with Crippen molar-refractivity contribution >= 4 is 10.3 Å². The lowest BCUT2D eigenvalue weighted by Gasteiger charge is -1.91. The van der Waals surface area contributed by atoms with E-state index in [1.807, 2.05) is 0 Å². The number of nitrogens with zero attached hydrogens (tertiary/aromatic N) is 2. The summed E-state index contributed by atoms with van der Waals surface area (Å²) < 4.78 is 32.4. The van der Waals surface area contributed by atoms with Gasteiger partial charge in [0.05, 0.1) is 6.54 Å². The van der Waals surface area contributed by atoms with E-state index in [9.17, 15) is 8.42 Å². The standard InChI is InChI=1S/C7H12N2O3S.ClH/c1-2-3-4-8-5-6-9(7-8)13(10,11)12;/h5-7H,2-4H2,1H3;1H. The van der Waals surface area contributed by atoms with E-state index in [0.29, 0.717) is 0 Å². The Labute approximate surface area is 89.7 Å². The fraction of sp³-hybridized carbons (Fsp3) is 0.571. The van der Waals surface area contributed by atoms with Crippen molar-refractivity contribution < 1.29 is 29.9 Å². The molecule has 0 aliphatic carbocycles. The van der Waals surface area contributed by atoms with Gasteiger partial charge in [-0.1, -0.05) is 13.3 Å². The van der Waals surface area contributed by atoms with Crippen LogP contribution in [0.1, 0.15) is 19.8 Å². The maximum absolute atomic E-state index is 10.6. The Balaban J connectivity index is 0.00000169. The zero-order chi connectivity index (χ0) is 9.90. The largest absolute Gasteiger partial charge is 1.00 e. The van der Waals surface area contributed by atoms with Crippen molar-refractivity contribution in [3.05, 3.63) is 18.7 Å². The first-order valence-electron chi connectivity index (χ1n) is 4.09. The third-order valence-electron chi connectivity index (χ3n) is 1.70. The summed E-state index contributed by atoms with van der Waals surface area (Å²) in [7, 11) is -4.11. The Bertz CT molecular complexity index is 374. The zero-order valence-electron chi connectivity index (χ0n) is 7.80. The fourth-order valence-electron chi connectivity index (χ4n) is 0.984. The van der Waals surface area contributed by atoms with Crippen LogP contribution in [0, 0.1) is 0 Å². The summed E-state index contributed by atoms with van der Waals surface area (Å²) in [6.45, 7) is 2.82. The van der Waals surface area contributed by atoms with E-state index in [-0.39, 0.29) is 12.4 Å². The van der Waals surface area contributed by atoms with E-state index in [4.69, 9.17) is 4.55 Å². The first-order valence-corrected chi connectivity index (χ1v) is 5.48. The van der Waals surface area contributed by atoms with Gasteiger partial charge >= 0.3 is 10.3 Å². The van der Waals surface area contributed by atoms with Crippen LogP contribution in [-0.4, -0.2) is 16.9 Å². The molecular weight excluding hydrogens is 228 g/mol. The highest BCUT2D eigenvalue weighted by Crippen LogP contribution is 1.91. The molecule has 7 heteroatoms. The Hall–Kier alpha value is -0.590. The summed E-state index contributed by atoms with van der Waals surface area (Å²) in [5, 5.41) is 0. The summed E-state index contributed by atoms with van der Waals surface area (Å²) >= 11 is 0. The molecule has 0 bridgehead atoms. The molecule has 0 spiro atoms. The highest BCUT2D eigenvalue weighted by molar-refractivity contribution is 7.84. The Kier molecular flexibility index (Phi) is 5.11. The predicted molar refractivity (Wildman–Crippen MR) is 46.5 cm³/mol. The van der Waals surface area contributed by atoms with Crippen LogP contribution < -0.4 is 17.0 Å². The minimum Gasteiger partial charge on any atom is -1.00 e. The van der Waals surface area contributed by atoms with Crippen molar-refractivity contribution in [3.63, 3.8) is 0 Å². The molecule has 0 fully saturated rings. The smallest absolute Gasteiger partial charge is 0.439 e. The molecule has 5 nitrogen and oxygen atoms in total. The summed E-state index contributed by atoms with van der Waals surface area (Å²) in [5.41, 5.74) is 0. The van der Waals surface area contributed by atoms with Crippen LogP contribution >= 0.6 is 0 Å². The minimum atomic E-state index is -4.11. The second-order valence-corrected chi connectivity index (χ2v) is 4.13. The number of hydrogen-bond acceptors (Lipinski definition) is 2. The van der Waals surface area contributed by atoms with Crippen LogP contribution in [0.4, 0.5) is 0 Å². The summed E-state index contributed by atoms with van der Waals surface area (Å²) in [6.07, 6.45) is 6.31. The summed E-state index contributed by atoms with van der Waals surface area (Å²) in [4.78, 5) is 0. The van der Waals surface area contributed by atoms with Gasteiger partial charge in [0, 0.05) is 0 Å². The molecule has 0 radical (unpaired) electrons. The first kappa shape index (κ1) is 13.4. The monoisotopic (exact) mass is 240 g/mol. The SMILES string of the molecule is CCCC[n+]1ccn(S(=O)(=O)O)c1.[Cl-]. The Morgan fingerprint density at radius 1 is 1.50 bits per heavy atom. The highest BCUT2D eigenvalue weighted by Gasteiger charge is 2.14. The van der Waals surface area contributed by atoms with Crippen LogP contribution in [0.2, 0.25) is 0 Å². The van der Waals surface area contributed by atoms with Crippen molar-refractivity contribution in [2.24, 2.45) is 0 Å². The van der Waals surface area contributed by atoms with E-state index >= 15 is 0 Å². The van der Waals surface area contributed by atoms with E-state index in [2.05, 4.69) is 6.92 Å². The molecule has 1 rings (SSSR count). The maximum atomic E-state index is 10.6. The van der Waals surface area contributed by atoms with Crippen molar-refractivity contribution in [1.82, 2.24) is 3.97 Å². The summed E-state index contributed by atoms with van der Waals surface area (Å²) in [5.74, 6) is 0. The van der Waals surface area contributed by atoms with Gasteiger partial charge in [-0.3, -0.25) is 4.55 Å². The molecule has 1 aromatic rings. The molecule has 1 N–H and O–H groups in total. The number of rotatable bonds is 4. The van der Waals surface area contributed by atoms with Crippen molar-refractivity contribution in [2.45, 2.75) is 26.3 Å². The molecule has 0 aliphatic rings. The van der Waals surface area contributed by atoms with E-state index in [1.165, 1.54) is 12.5 Å². The van der Waals surface area contributed by atoms with E-state index < -0.39 is 10.3 Å². The van der Waals surface area contributed by atoms with Crippen LogP contribution in [0.5, 0.6) is 0 Å². The molecule has 0 aliphatic heterocycles. The number of imidazole rings is 1. The number of hydrogen-bond donors (Lipinski definition) is 1. The van der Waals surface area contributed by atoms with Crippen LogP contribution in [0.15, 0.2) is 18.7 Å². The van der Waals surface area contributed by atoms with Gasteiger partial charge in [-0.15, -0.1) is 3.97 Å². The van der Waals surface area contributed by atoms with Crippen molar-refractivity contribution in [2.75, 3.05) is 0 Å². The normalized spacial score (nSPS) is 11.0.